The van der Waals surface area contributed by atoms with Gasteiger partial charge in [-0.2, -0.15) is 0 Å². The summed E-state index contributed by atoms with van der Waals surface area (Å²) in [5.41, 5.74) is 1.28. The van der Waals surface area contributed by atoms with Crippen molar-refractivity contribution in [1.82, 2.24) is 9.97 Å². The van der Waals surface area contributed by atoms with Crippen LogP contribution in [0.4, 0.5) is 11.6 Å². The summed E-state index contributed by atoms with van der Waals surface area (Å²) >= 11 is 0. The van der Waals surface area contributed by atoms with Crippen molar-refractivity contribution >= 4 is 11.6 Å². The van der Waals surface area contributed by atoms with Gasteiger partial charge in [-0.1, -0.05) is 30.3 Å². The molecule has 1 aromatic carbocycles. The van der Waals surface area contributed by atoms with Crippen LogP contribution in [0, 0.1) is 0 Å². The molecule has 0 unspecified atom stereocenters. The van der Waals surface area contributed by atoms with Crippen molar-refractivity contribution in [2.24, 2.45) is 0 Å². The van der Waals surface area contributed by atoms with Gasteiger partial charge in [-0.15, -0.1) is 0 Å². The van der Waals surface area contributed by atoms with E-state index in [1.807, 2.05) is 19.2 Å². The zero-order valence-corrected chi connectivity index (χ0v) is 10.8. The number of aromatic nitrogens is 2. The second kappa shape index (κ2) is 6.00. The van der Waals surface area contributed by atoms with Crippen molar-refractivity contribution in [2.45, 2.75) is 13.5 Å². The van der Waals surface area contributed by atoms with Crippen LogP contribution in [0.1, 0.15) is 12.5 Å². The molecular formula is C14H18N4. The number of nitrogens with one attached hydrogen (secondary N) is 1. The van der Waals surface area contributed by atoms with E-state index in [2.05, 4.69) is 51.4 Å². The smallest absolute Gasteiger partial charge is 0.134 e. The molecular weight excluding hydrogens is 224 g/mol. The maximum Gasteiger partial charge on any atom is 0.134 e. The van der Waals surface area contributed by atoms with E-state index in [0.29, 0.717) is 0 Å². The van der Waals surface area contributed by atoms with Gasteiger partial charge in [-0.25, -0.2) is 9.97 Å². The van der Waals surface area contributed by atoms with Crippen LogP contribution in [0.5, 0.6) is 0 Å². The molecule has 0 atom stereocenters. The van der Waals surface area contributed by atoms with Crippen molar-refractivity contribution in [3.8, 4) is 0 Å². The molecule has 4 heteroatoms. The Morgan fingerprint density at radius 1 is 1.17 bits per heavy atom. The number of rotatable bonds is 5. The summed E-state index contributed by atoms with van der Waals surface area (Å²) < 4.78 is 0. The highest BCUT2D eigenvalue weighted by atomic mass is 15.2. The van der Waals surface area contributed by atoms with E-state index >= 15 is 0 Å². The normalized spacial score (nSPS) is 10.1. The van der Waals surface area contributed by atoms with E-state index in [-0.39, 0.29) is 0 Å². The molecule has 2 aromatic rings. The maximum atomic E-state index is 4.33. The Morgan fingerprint density at radius 2 is 1.94 bits per heavy atom. The third kappa shape index (κ3) is 2.97. The summed E-state index contributed by atoms with van der Waals surface area (Å²) in [7, 11) is 1.86. The first kappa shape index (κ1) is 12.4. The van der Waals surface area contributed by atoms with Crippen LogP contribution in [-0.4, -0.2) is 23.6 Å². The molecule has 0 fully saturated rings. The largest absolute Gasteiger partial charge is 0.373 e. The Morgan fingerprint density at radius 3 is 2.61 bits per heavy atom. The highest BCUT2D eigenvalue weighted by molar-refractivity contribution is 5.48. The molecule has 0 spiro atoms. The average Bonchev–Trinajstić information content (AvgIpc) is 2.46. The minimum Gasteiger partial charge on any atom is -0.373 e. The van der Waals surface area contributed by atoms with Crippen LogP contribution in [-0.2, 0) is 6.54 Å². The molecule has 2 rings (SSSR count). The summed E-state index contributed by atoms with van der Waals surface area (Å²) in [6.45, 7) is 3.90. The monoisotopic (exact) mass is 242 g/mol. The zero-order chi connectivity index (χ0) is 12.8. The Kier molecular flexibility index (Phi) is 4.12. The van der Waals surface area contributed by atoms with Gasteiger partial charge in [0.25, 0.3) is 0 Å². The van der Waals surface area contributed by atoms with Gasteiger partial charge in [0, 0.05) is 26.2 Å². The van der Waals surface area contributed by atoms with Gasteiger partial charge in [0.1, 0.15) is 18.0 Å². The van der Waals surface area contributed by atoms with Crippen LogP contribution in [0.3, 0.4) is 0 Å². The minimum atomic E-state index is 0.839. The molecule has 0 aliphatic carbocycles. The van der Waals surface area contributed by atoms with Crippen molar-refractivity contribution in [1.29, 1.82) is 0 Å². The lowest BCUT2D eigenvalue weighted by Crippen LogP contribution is -2.23. The average molecular weight is 242 g/mol. The molecule has 1 aromatic heterocycles. The summed E-state index contributed by atoms with van der Waals surface area (Å²) in [6.07, 6.45) is 1.59. The Hall–Kier alpha value is -2.10. The van der Waals surface area contributed by atoms with E-state index in [4.69, 9.17) is 0 Å². The summed E-state index contributed by atoms with van der Waals surface area (Å²) in [6, 6.07) is 12.4. The van der Waals surface area contributed by atoms with Gasteiger partial charge >= 0.3 is 0 Å². The van der Waals surface area contributed by atoms with Gasteiger partial charge in [-0.3, -0.25) is 0 Å². The molecule has 4 nitrogen and oxygen atoms in total. The molecule has 1 heterocycles. The Bertz CT molecular complexity index is 484. The number of hydrogen-bond acceptors (Lipinski definition) is 4. The molecule has 94 valence electrons. The molecule has 0 bridgehead atoms. The lowest BCUT2D eigenvalue weighted by molar-refractivity contribution is 0.810. The van der Waals surface area contributed by atoms with E-state index in [9.17, 15) is 0 Å². The second-order valence-corrected chi connectivity index (χ2v) is 4.01. The quantitative estimate of drug-likeness (QED) is 0.874. The molecule has 0 saturated heterocycles. The molecule has 18 heavy (non-hydrogen) atoms. The standard InChI is InChI=1S/C14H18N4/c1-3-18(10-12-7-5-4-6-8-12)14-9-13(15-2)16-11-17-14/h4-9,11H,3,10H2,1-2H3,(H,15,16,17). The first-order valence-corrected chi connectivity index (χ1v) is 6.12. The van der Waals surface area contributed by atoms with Crippen molar-refractivity contribution in [3.05, 3.63) is 48.3 Å². The van der Waals surface area contributed by atoms with Crippen molar-refractivity contribution in [3.63, 3.8) is 0 Å². The lowest BCUT2D eigenvalue weighted by atomic mass is 10.2. The van der Waals surface area contributed by atoms with Gasteiger partial charge in [0.2, 0.25) is 0 Å². The predicted molar refractivity (Wildman–Crippen MR) is 74.7 cm³/mol. The Balaban J connectivity index is 2.17. The van der Waals surface area contributed by atoms with Crippen molar-refractivity contribution in [2.75, 3.05) is 23.8 Å². The van der Waals surface area contributed by atoms with E-state index in [0.717, 1.165) is 24.7 Å². The maximum absolute atomic E-state index is 4.33. The van der Waals surface area contributed by atoms with Gasteiger partial charge < -0.3 is 10.2 Å². The summed E-state index contributed by atoms with van der Waals surface area (Å²) in [4.78, 5) is 10.7. The highest BCUT2D eigenvalue weighted by Crippen LogP contribution is 2.16. The molecule has 0 radical (unpaired) electrons. The van der Waals surface area contributed by atoms with Crippen LogP contribution < -0.4 is 10.2 Å². The molecule has 0 amide bonds. The minimum absolute atomic E-state index is 0.839. The van der Waals surface area contributed by atoms with Gasteiger partial charge in [0.05, 0.1) is 0 Å². The van der Waals surface area contributed by atoms with Crippen molar-refractivity contribution < 1.29 is 0 Å². The van der Waals surface area contributed by atoms with Crippen LogP contribution in [0.15, 0.2) is 42.7 Å². The van der Waals surface area contributed by atoms with Gasteiger partial charge in [0.15, 0.2) is 0 Å². The van der Waals surface area contributed by atoms with Crippen LogP contribution in [0.2, 0.25) is 0 Å². The highest BCUT2D eigenvalue weighted by Gasteiger charge is 2.07. The first-order valence-electron chi connectivity index (χ1n) is 6.12. The fraction of sp³-hybridized carbons (Fsp3) is 0.286. The van der Waals surface area contributed by atoms with Crippen LogP contribution >= 0.6 is 0 Å². The first-order chi connectivity index (χ1) is 8.83. The third-order valence-electron chi connectivity index (χ3n) is 2.83. The molecule has 0 aliphatic heterocycles. The molecule has 0 saturated carbocycles. The molecule has 1 N–H and O–H groups in total. The fourth-order valence-electron chi connectivity index (χ4n) is 1.82. The third-order valence-corrected chi connectivity index (χ3v) is 2.83. The molecule has 0 aliphatic rings. The zero-order valence-electron chi connectivity index (χ0n) is 10.8. The van der Waals surface area contributed by atoms with E-state index < -0.39 is 0 Å². The summed E-state index contributed by atoms with van der Waals surface area (Å²) in [5.74, 6) is 1.78. The van der Waals surface area contributed by atoms with Gasteiger partial charge in [-0.05, 0) is 12.5 Å². The number of hydrogen-bond donors (Lipinski definition) is 1. The van der Waals surface area contributed by atoms with E-state index in [1.165, 1.54) is 5.56 Å². The topological polar surface area (TPSA) is 41.0 Å². The SMILES string of the molecule is CCN(Cc1ccccc1)c1cc(NC)ncn1. The van der Waals surface area contributed by atoms with E-state index in [1.54, 1.807) is 6.33 Å². The second-order valence-electron chi connectivity index (χ2n) is 4.01. The van der Waals surface area contributed by atoms with Crippen LogP contribution in [0.25, 0.3) is 0 Å². The number of anilines is 2. The lowest BCUT2D eigenvalue weighted by Gasteiger charge is -2.22. The Labute approximate surface area is 108 Å². The number of nitrogens with zero attached hydrogens (tertiary/aromatic N) is 3. The predicted octanol–water partition coefficient (Wildman–Crippen LogP) is 2.54. The summed E-state index contributed by atoms with van der Waals surface area (Å²) in [5, 5.41) is 3.03. The number of benzene rings is 1. The fourth-order valence-corrected chi connectivity index (χ4v) is 1.82.